The van der Waals surface area contributed by atoms with Crippen LogP contribution in [0.2, 0.25) is 0 Å². The lowest BCUT2D eigenvalue weighted by Gasteiger charge is -2.24. The molecule has 0 aliphatic heterocycles. The van der Waals surface area contributed by atoms with Gasteiger partial charge in [-0.2, -0.15) is 0 Å². The average Bonchev–Trinajstić information content (AvgIpc) is 2.58. The van der Waals surface area contributed by atoms with Gasteiger partial charge in [-0.1, -0.05) is 35.9 Å². The van der Waals surface area contributed by atoms with Crippen molar-refractivity contribution in [1.29, 1.82) is 0 Å². The van der Waals surface area contributed by atoms with Crippen LogP contribution in [-0.4, -0.2) is 18.6 Å². The molecule has 0 unspecified atom stereocenters. The van der Waals surface area contributed by atoms with Gasteiger partial charge in [0.05, 0.1) is 12.7 Å². The molecule has 1 atom stereocenters. The first kappa shape index (κ1) is 19.0. The molecule has 5 nitrogen and oxygen atoms in total. The van der Waals surface area contributed by atoms with Crippen molar-refractivity contribution in [2.75, 3.05) is 7.11 Å². The summed E-state index contributed by atoms with van der Waals surface area (Å²) in [6, 6.07) is 14.7. The zero-order valence-corrected chi connectivity index (χ0v) is 15.3. The van der Waals surface area contributed by atoms with E-state index in [0.29, 0.717) is 11.3 Å². The minimum atomic E-state index is -0.724. The van der Waals surface area contributed by atoms with Crippen LogP contribution in [0.1, 0.15) is 48.5 Å². The first-order valence-electron chi connectivity index (χ1n) is 8.14. The van der Waals surface area contributed by atoms with Crippen molar-refractivity contribution in [3.05, 3.63) is 65.2 Å². The molecule has 0 aliphatic carbocycles. The quantitative estimate of drug-likeness (QED) is 0.486. The summed E-state index contributed by atoms with van der Waals surface area (Å²) in [6.07, 6.45) is -0.724. The highest BCUT2D eigenvalue weighted by Crippen LogP contribution is 2.21. The fourth-order valence-corrected chi connectivity index (χ4v) is 2.06. The highest BCUT2D eigenvalue weighted by molar-refractivity contribution is 5.94. The maximum absolute atomic E-state index is 12.6. The van der Waals surface area contributed by atoms with Crippen LogP contribution >= 0.6 is 0 Å². The van der Waals surface area contributed by atoms with Crippen molar-refractivity contribution in [3.63, 3.8) is 0 Å². The molecule has 0 bridgehead atoms. The molecule has 0 aliphatic rings. The van der Waals surface area contributed by atoms with Crippen LogP contribution in [0, 0.1) is 6.92 Å². The highest BCUT2D eigenvalue weighted by atomic mass is 17.2. The van der Waals surface area contributed by atoms with Crippen LogP contribution < -0.4 is 10.1 Å². The Kier molecular flexibility index (Phi) is 6.17. The number of benzene rings is 2. The molecule has 2 aromatic carbocycles. The average molecular weight is 343 g/mol. The van der Waals surface area contributed by atoms with E-state index in [1.165, 1.54) is 0 Å². The van der Waals surface area contributed by atoms with Gasteiger partial charge in [0.2, 0.25) is 0 Å². The molecule has 0 saturated heterocycles. The summed E-state index contributed by atoms with van der Waals surface area (Å²) in [6.45, 7) is 7.63. The predicted octanol–water partition coefficient (Wildman–Crippen LogP) is 4.18. The first-order chi connectivity index (χ1) is 11.8. The smallest absolute Gasteiger partial charge is 0.253 e. The van der Waals surface area contributed by atoms with Crippen LogP contribution in [0.25, 0.3) is 0 Å². The summed E-state index contributed by atoms with van der Waals surface area (Å²) in [5.41, 5.74) is 1.91. The number of hydrogen-bond acceptors (Lipinski definition) is 4. The van der Waals surface area contributed by atoms with E-state index in [-0.39, 0.29) is 5.91 Å². The second kappa shape index (κ2) is 8.14. The molecule has 1 N–H and O–H groups in total. The zero-order valence-electron chi connectivity index (χ0n) is 15.3. The van der Waals surface area contributed by atoms with E-state index in [0.717, 1.165) is 11.1 Å². The molecule has 0 fully saturated rings. The van der Waals surface area contributed by atoms with E-state index in [1.807, 2.05) is 52.0 Å². The second-order valence-corrected chi connectivity index (χ2v) is 6.79. The molecule has 0 saturated carbocycles. The number of carbonyl (C=O) groups is 1. The standard InChI is InChI=1S/C20H25NO4/c1-14-9-11-15(12-10-14)19(24-25-20(2,3)4)21-18(22)16-7-6-8-17(13-16)23-5/h6-13,19H,1-5H3,(H,21,22)/t19-/m1/s1. The number of hydrogen-bond donors (Lipinski definition) is 1. The third-order valence-electron chi connectivity index (χ3n) is 3.37. The lowest BCUT2D eigenvalue weighted by atomic mass is 10.1. The third kappa shape index (κ3) is 5.89. The van der Waals surface area contributed by atoms with Crippen LogP contribution in [0.3, 0.4) is 0 Å². The van der Waals surface area contributed by atoms with Crippen LogP contribution in [0.15, 0.2) is 48.5 Å². The fourth-order valence-electron chi connectivity index (χ4n) is 2.06. The number of methoxy groups -OCH3 is 1. The Labute approximate surface area is 148 Å². The number of rotatable bonds is 6. The highest BCUT2D eigenvalue weighted by Gasteiger charge is 2.21. The molecule has 0 spiro atoms. The number of ether oxygens (including phenoxy) is 1. The van der Waals surface area contributed by atoms with E-state index in [9.17, 15) is 4.79 Å². The Bertz CT molecular complexity index is 704. The van der Waals surface area contributed by atoms with Gasteiger partial charge in [-0.15, -0.1) is 0 Å². The van der Waals surface area contributed by atoms with Gasteiger partial charge < -0.3 is 10.1 Å². The number of aryl methyl sites for hydroxylation is 1. The van der Waals surface area contributed by atoms with Crippen molar-refractivity contribution in [3.8, 4) is 5.75 Å². The second-order valence-electron chi connectivity index (χ2n) is 6.79. The van der Waals surface area contributed by atoms with E-state index >= 15 is 0 Å². The monoisotopic (exact) mass is 343 g/mol. The van der Waals surface area contributed by atoms with Crippen molar-refractivity contribution in [1.82, 2.24) is 5.32 Å². The van der Waals surface area contributed by atoms with E-state index in [4.69, 9.17) is 14.5 Å². The normalized spacial score (nSPS) is 12.5. The van der Waals surface area contributed by atoms with Gasteiger partial charge in [0, 0.05) is 11.1 Å². The molecule has 1 amide bonds. The van der Waals surface area contributed by atoms with Crippen molar-refractivity contribution < 1.29 is 19.3 Å². The summed E-state index contributed by atoms with van der Waals surface area (Å²) in [5, 5.41) is 2.85. The topological polar surface area (TPSA) is 56.8 Å². The molecule has 0 heterocycles. The van der Waals surface area contributed by atoms with Crippen molar-refractivity contribution in [2.45, 2.75) is 39.5 Å². The van der Waals surface area contributed by atoms with Crippen molar-refractivity contribution >= 4 is 5.91 Å². The van der Waals surface area contributed by atoms with Crippen molar-refractivity contribution in [2.24, 2.45) is 0 Å². The maximum Gasteiger partial charge on any atom is 0.253 e. The molecule has 0 radical (unpaired) electrons. The molecule has 2 aromatic rings. The summed E-state index contributed by atoms with van der Waals surface area (Å²) in [4.78, 5) is 23.5. The SMILES string of the molecule is COc1cccc(C(=O)N[C@H](OOC(C)(C)C)c2ccc(C)cc2)c1. The van der Waals surface area contributed by atoms with Gasteiger partial charge in [-0.25, -0.2) is 9.78 Å². The minimum Gasteiger partial charge on any atom is -0.497 e. The lowest BCUT2D eigenvalue weighted by Crippen LogP contribution is -2.33. The Morgan fingerprint density at radius 2 is 1.76 bits per heavy atom. The molecular weight excluding hydrogens is 318 g/mol. The third-order valence-corrected chi connectivity index (χ3v) is 3.37. The molecule has 5 heteroatoms. The van der Waals surface area contributed by atoms with Gasteiger partial charge >= 0.3 is 0 Å². The summed E-state index contributed by atoms with van der Waals surface area (Å²) >= 11 is 0. The number of nitrogens with one attached hydrogen (secondary N) is 1. The summed E-state index contributed by atoms with van der Waals surface area (Å²) in [7, 11) is 1.56. The molecular formula is C20H25NO4. The van der Waals surface area contributed by atoms with E-state index < -0.39 is 11.8 Å². The Morgan fingerprint density at radius 3 is 2.36 bits per heavy atom. The number of carbonyl (C=O) groups excluding carboxylic acids is 1. The summed E-state index contributed by atoms with van der Waals surface area (Å²) < 4.78 is 5.16. The van der Waals surface area contributed by atoms with Gasteiger partial charge in [0.1, 0.15) is 5.75 Å². The molecule has 134 valence electrons. The van der Waals surface area contributed by atoms with E-state index in [2.05, 4.69) is 5.32 Å². The maximum atomic E-state index is 12.6. The van der Waals surface area contributed by atoms with Crippen LogP contribution in [-0.2, 0) is 9.78 Å². The lowest BCUT2D eigenvalue weighted by molar-refractivity contribution is -0.379. The Balaban J connectivity index is 2.19. The number of amides is 1. The summed E-state index contributed by atoms with van der Waals surface area (Å²) in [5.74, 6) is 0.341. The van der Waals surface area contributed by atoms with Gasteiger partial charge in [0.25, 0.3) is 5.91 Å². The van der Waals surface area contributed by atoms with Gasteiger partial charge in [-0.3, -0.25) is 4.79 Å². The Morgan fingerprint density at radius 1 is 1.08 bits per heavy atom. The molecule has 25 heavy (non-hydrogen) atoms. The zero-order chi connectivity index (χ0) is 18.4. The first-order valence-corrected chi connectivity index (χ1v) is 8.14. The van der Waals surface area contributed by atoms with Gasteiger partial charge in [-0.05, 0) is 45.9 Å². The largest absolute Gasteiger partial charge is 0.497 e. The van der Waals surface area contributed by atoms with Crippen LogP contribution in [0.4, 0.5) is 0 Å². The fraction of sp³-hybridized carbons (Fsp3) is 0.350. The van der Waals surface area contributed by atoms with Crippen LogP contribution in [0.5, 0.6) is 5.75 Å². The molecule has 2 rings (SSSR count). The van der Waals surface area contributed by atoms with Gasteiger partial charge in [0.15, 0.2) is 6.23 Å². The minimum absolute atomic E-state index is 0.276. The Hall–Kier alpha value is -2.37. The predicted molar refractivity (Wildman–Crippen MR) is 96.3 cm³/mol. The van der Waals surface area contributed by atoms with E-state index in [1.54, 1.807) is 31.4 Å². The molecule has 0 aromatic heterocycles.